The molecule has 0 fully saturated rings. The van der Waals surface area contributed by atoms with Gasteiger partial charge in [0, 0.05) is 54.9 Å². The summed E-state index contributed by atoms with van der Waals surface area (Å²) in [5.41, 5.74) is 11.0. The zero-order valence-electron chi connectivity index (χ0n) is 31.5. The van der Waals surface area contributed by atoms with Crippen LogP contribution in [0.15, 0.2) is 103 Å². The van der Waals surface area contributed by atoms with Crippen LogP contribution in [0.5, 0.6) is 0 Å². The molecule has 0 bridgehead atoms. The quantitative estimate of drug-likeness (QED) is 0.115. The number of carbonyl (C=O) groups excluding carboxylic acids is 2. The molecule has 0 radical (unpaired) electrons. The molecule has 0 saturated heterocycles. The van der Waals surface area contributed by atoms with E-state index in [9.17, 15) is 9.59 Å². The van der Waals surface area contributed by atoms with Crippen molar-refractivity contribution in [2.24, 2.45) is 0 Å². The summed E-state index contributed by atoms with van der Waals surface area (Å²) >= 11 is 0. The number of pyridine rings is 1. The number of rotatable bonds is 14. The third-order valence-corrected chi connectivity index (χ3v) is 9.26. The van der Waals surface area contributed by atoms with E-state index in [2.05, 4.69) is 78.1 Å². The van der Waals surface area contributed by atoms with Crippen molar-refractivity contribution in [2.45, 2.75) is 86.2 Å². The Bertz CT molecular complexity index is 1800. The Morgan fingerprint density at radius 3 is 2.20 bits per heavy atom. The minimum Gasteiger partial charge on any atom is -0.388 e. The first-order chi connectivity index (χ1) is 24.7. The van der Waals surface area contributed by atoms with Crippen LogP contribution in [0.2, 0.25) is 0 Å². The molecule has 7 nitrogen and oxygen atoms in total. The van der Waals surface area contributed by atoms with E-state index in [1.54, 1.807) is 13.1 Å². The second kappa shape index (κ2) is 19.3. The van der Waals surface area contributed by atoms with Gasteiger partial charge in [-0.15, -0.1) is 0 Å². The fourth-order valence-corrected chi connectivity index (χ4v) is 6.17. The number of ketones is 1. The second-order valence-electron chi connectivity index (χ2n) is 13.0. The Morgan fingerprint density at radius 1 is 0.863 bits per heavy atom. The number of hydrogen-bond donors (Lipinski definition) is 3. The number of nitrogens with zero attached hydrogens (tertiary/aromatic N) is 2. The van der Waals surface area contributed by atoms with E-state index in [0.717, 1.165) is 69.1 Å². The number of nitrogens with one attached hydrogen (secondary N) is 3. The molecule has 2 heterocycles. The molecule has 3 aromatic carbocycles. The Labute approximate surface area is 305 Å². The van der Waals surface area contributed by atoms with E-state index >= 15 is 0 Å². The predicted octanol–water partition coefficient (Wildman–Crippen LogP) is 10.0. The van der Waals surface area contributed by atoms with Crippen LogP contribution < -0.4 is 16.0 Å². The van der Waals surface area contributed by atoms with Crippen LogP contribution in [0.3, 0.4) is 0 Å². The molecule has 268 valence electrons. The van der Waals surface area contributed by atoms with E-state index in [0.29, 0.717) is 18.7 Å². The topological polar surface area (TPSA) is 86.4 Å². The van der Waals surface area contributed by atoms with Crippen LogP contribution in [0.1, 0.15) is 99.5 Å². The van der Waals surface area contributed by atoms with Crippen molar-refractivity contribution >= 4 is 28.6 Å². The average molecular weight is 686 g/mol. The molecule has 1 aliphatic rings. The Kier molecular flexibility index (Phi) is 14.6. The molecule has 0 saturated carbocycles. The zero-order chi connectivity index (χ0) is 36.8. The maximum atomic E-state index is 13.0. The fraction of sp³-hybridized carbons (Fsp3) is 0.341. The predicted molar refractivity (Wildman–Crippen MR) is 214 cm³/mol. The SMILES string of the molecule is CC/C(C)=C(\C(C)=O)c1cc(-c2ccc(C(=O)N3Cc4cccnc4C3)cc2)ccc1NC.CCC/C=C(/NC)Nc1ccc(CCCC)cc1. The average Bonchev–Trinajstić information content (AvgIpc) is 3.60. The van der Waals surface area contributed by atoms with E-state index in [1.165, 1.54) is 31.2 Å². The van der Waals surface area contributed by atoms with Crippen molar-refractivity contribution in [3.63, 3.8) is 0 Å². The van der Waals surface area contributed by atoms with Gasteiger partial charge in [-0.1, -0.05) is 75.6 Å². The summed E-state index contributed by atoms with van der Waals surface area (Å²) < 4.78 is 0. The van der Waals surface area contributed by atoms with Crippen molar-refractivity contribution < 1.29 is 9.59 Å². The van der Waals surface area contributed by atoms with Crippen LogP contribution in [-0.4, -0.2) is 35.7 Å². The highest BCUT2D eigenvalue weighted by Gasteiger charge is 2.25. The first kappa shape index (κ1) is 38.6. The molecule has 1 aliphatic heterocycles. The van der Waals surface area contributed by atoms with Gasteiger partial charge in [0.2, 0.25) is 0 Å². The highest BCUT2D eigenvalue weighted by Crippen LogP contribution is 2.33. The van der Waals surface area contributed by atoms with Crippen LogP contribution in [0.4, 0.5) is 11.4 Å². The van der Waals surface area contributed by atoms with Gasteiger partial charge >= 0.3 is 0 Å². The summed E-state index contributed by atoms with van der Waals surface area (Å²) in [7, 11) is 3.81. The standard InChI is InChI=1S/C28H29N3O2.C16H26N2/c1-5-18(2)27(19(3)32)24-15-22(12-13-25(24)29-4)20-8-10-21(11-9-20)28(33)31-16-23-7-6-14-30-26(23)17-31;1-4-6-8-14-10-12-15(13-11-14)18-16(17-3)9-7-5-2/h6-15,29H,5,16-17H2,1-4H3;9-13,17-18H,4-8H2,1-3H3/b27-18+;16-9-. The van der Waals surface area contributed by atoms with Crippen LogP contribution >= 0.6 is 0 Å². The minimum absolute atomic E-state index is 0.00569. The molecule has 0 aliphatic carbocycles. The molecule has 4 aromatic rings. The number of benzene rings is 3. The van der Waals surface area contributed by atoms with Gasteiger partial charge in [-0.05, 0) is 110 Å². The number of amides is 1. The number of fused-ring (bicyclic) bond motifs is 1. The lowest BCUT2D eigenvalue weighted by Crippen LogP contribution is -2.25. The molecule has 5 rings (SSSR count). The van der Waals surface area contributed by atoms with E-state index in [-0.39, 0.29) is 11.7 Å². The van der Waals surface area contributed by atoms with Crippen molar-refractivity contribution in [1.82, 2.24) is 15.2 Å². The lowest BCUT2D eigenvalue weighted by molar-refractivity contribution is -0.111. The molecule has 0 unspecified atom stereocenters. The highest BCUT2D eigenvalue weighted by molar-refractivity contribution is 6.22. The van der Waals surface area contributed by atoms with Gasteiger partial charge in [0.1, 0.15) is 0 Å². The van der Waals surface area contributed by atoms with E-state index in [1.807, 2.05) is 74.4 Å². The summed E-state index contributed by atoms with van der Waals surface area (Å²) in [6.07, 6.45) is 10.8. The molecule has 3 N–H and O–H groups in total. The smallest absolute Gasteiger partial charge is 0.254 e. The van der Waals surface area contributed by atoms with E-state index in [4.69, 9.17) is 0 Å². The van der Waals surface area contributed by atoms with Crippen molar-refractivity contribution in [2.75, 3.05) is 24.7 Å². The molecule has 0 atom stereocenters. The highest BCUT2D eigenvalue weighted by atomic mass is 16.2. The number of unbranched alkanes of at least 4 members (excludes halogenated alkanes) is 2. The number of Topliss-reactive ketones (excluding diaryl/α,β-unsaturated/α-hetero) is 1. The molecule has 1 aromatic heterocycles. The maximum Gasteiger partial charge on any atom is 0.254 e. The third kappa shape index (κ3) is 10.4. The molecule has 0 spiro atoms. The van der Waals surface area contributed by atoms with Gasteiger partial charge < -0.3 is 20.9 Å². The minimum atomic E-state index is 0.00569. The zero-order valence-corrected chi connectivity index (χ0v) is 31.5. The summed E-state index contributed by atoms with van der Waals surface area (Å²) in [6, 6.07) is 26.4. The third-order valence-electron chi connectivity index (χ3n) is 9.26. The fourth-order valence-electron chi connectivity index (χ4n) is 6.17. The molecular formula is C44H55N5O2. The Hall–Kier alpha value is -5.17. The second-order valence-corrected chi connectivity index (χ2v) is 13.0. The van der Waals surface area contributed by atoms with E-state index < -0.39 is 0 Å². The van der Waals surface area contributed by atoms with Crippen LogP contribution in [0.25, 0.3) is 16.7 Å². The molecule has 1 amide bonds. The van der Waals surface area contributed by atoms with Crippen molar-refractivity contribution in [3.05, 3.63) is 130 Å². The lowest BCUT2D eigenvalue weighted by Gasteiger charge is -2.17. The maximum absolute atomic E-state index is 13.0. The number of anilines is 2. The summed E-state index contributed by atoms with van der Waals surface area (Å²) in [6.45, 7) is 11.2. The van der Waals surface area contributed by atoms with Gasteiger partial charge in [-0.25, -0.2) is 0 Å². The number of aryl methyl sites for hydroxylation is 1. The largest absolute Gasteiger partial charge is 0.388 e. The molecular weight excluding hydrogens is 631 g/mol. The lowest BCUT2D eigenvalue weighted by atomic mass is 9.91. The van der Waals surface area contributed by atoms with Gasteiger partial charge in [0.15, 0.2) is 5.78 Å². The van der Waals surface area contributed by atoms with Crippen LogP contribution in [-0.2, 0) is 24.3 Å². The Morgan fingerprint density at radius 2 is 1.59 bits per heavy atom. The Balaban J connectivity index is 0.000000275. The van der Waals surface area contributed by atoms with Gasteiger partial charge in [0.05, 0.1) is 18.1 Å². The summed E-state index contributed by atoms with van der Waals surface area (Å²) in [4.78, 5) is 31.7. The number of allylic oxidation sites excluding steroid dienone is 3. The number of hydrogen-bond acceptors (Lipinski definition) is 6. The first-order valence-electron chi connectivity index (χ1n) is 18.3. The first-order valence-corrected chi connectivity index (χ1v) is 18.3. The summed E-state index contributed by atoms with van der Waals surface area (Å²) in [5.74, 6) is 1.15. The van der Waals surface area contributed by atoms with Crippen molar-refractivity contribution in [3.8, 4) is 11.1 Å². The monoisotopic (exact) mass is 685 g/mol. The van der Waals surface area contributed by atoms with Gasteiger partial charge in [0.25, 0.3) is 5.91 Å². The van der Waals surface area contributed by atoms with Crippen molar-refractivity contribution in [1.29, 1.82) is 0 Å². The number of carbonyl (C=O) groups is 2. The summed E-state index contributed by atoms with van der Waals surface area (Å²) in [5, 5.41) is 9.79. The molecule has 51 heavy (non-hydrogen) atoms. The molecule has 7 heteroatoms. The van der Waals surface area contributed by atoms with Gasteiger partial charge in [-0.3, -0.25) is 14.6 Å². The van der Waals surface area contributed by atoms with Crippen LogP contribution in [0, 0.1) is 0 Å². The normalized spacial score (nSPS) is 12.7. The van der Waals surface area contributed by atoms with Gasteiger partial charge in [-0.2, -0.15) is 0 Å². The number of aromatic nitrogens is 1.